The molecule has 29 heavy (non-hydrogen) atoms. The summed E-state index contributed by atoms with van der Waals surface area (Å²) >= 11 is 6.11. The number of fused-ring (bicyclic) bond motifs is 1. The molecule has 1 aliphatic heterocycles. The summed E-state index contributed by atoms with van der Waals surface area (Å²) in [6.07, 6.45) is 5.84. The fourth-order valence-corrected chi connectivity index (χ4v) is 3.88. The van der Waals surface area contributed by atoms with E-state index in [1.54, 1.807) is 6.20 Å². The zero-order chi connectivity index (χ0) is 19.6. The molecule has 146 valence electrons. The standard InChI is InChI=1S/C23H21ClN4O/c24-20-6-3-17(4-7-20)23-21(16-27-10-12-29-13-11-27)28-15-19(5-8-22(28)26-23)18-2-1-9-25-14-18/h1-9,14-15H,10-13,16H2. The lowest BCUT2D eigenvalue weighted by Gasteiger charge is -2.26. The smallest absolute Gasteiger partial charge is 0.137 e. The molecule has 0 bridgehead atoms. The number of pyridine rings is 2. The highest BCUT2D eigenvalue weighted by Gasteiger charge is 2.19. The van der Waals surface area contributed by atoms with Crippen LogP contribution in [0.3, 0.4) is 0 Å². The lowest BCUT2D eigenvalue weighted by Crippen LogP contribution is -2.36. The first-order valence-corrected chi connectivity index (χ1v) is 10.1. The number of aromatic nitrogens is 3. The van der Waals surface area contributed by atoms with Crippen molar-refractivity contribution in [3.05, 3.63) is 77.8 Å². The maximum Gasteiger partial charge on any atom is 0.137 e. The number of halogens is 1. The molecule has 1 aromatic carbocycles. The van der Waals surface area contributed by atoms with Crippen LogP contribution in [-0.4, -0.2) is 45.6 Å². The van der Waals surface area contributed by atoms with Gasteiger partial charge in [-0.05, 0) is 30.3 Å². The number of nitrogens with zero attached hydrogens (tertiary/aromatic N) is 4. The first-order chi connectivity index (χ1) is 14.3. The molecule has 0 aliphatic carbocycles. The van der Waals surface area contributed by atoms with Gasteiger partial charge in [-0.25, -0.2) is 4.98 Å². The van der Waals surface area contributed by atoms with Gasteiger partial charge in [0.2, 0.25) is 0 Å². The van der Waals surface area contributed by atoms with Crippen LogP contribution in [-0.2, 0) is 11.3 Å². The van der Waals surface area contributed by atoms with Gasteiger partial charge in [0.15, 0.2) is 0 Å². The minimum atomic E-state index is 0.728. The van der Waals surface area contributed by atoms with Crippen molar-refractivity contribution in [3.8, 4) is 22.4 Å². The summed E-state index contributed by atoms with van der Waals surface area (Å²) in [5.41, 5.74) is 6.39. The number of morpholine rings is 1. The highest BCUT2D eigenvalue weighted by molar-refractivity contribution is 6.30. The van der Waals surface area contributed by atoms with Gasteiger partial charge in [0.25, 0.3) is 0 Å². The van der Waals surface area contributed by atoms with Crippen LogP contribution < -0.4 is 0 Å². The zero-order valence-corrected chi connectivity index (χ0v) is 16.7. The van der Waals surface area contributed by atoms with Gasteiger partial charge in [0, 0.05) is 59.9 Å². The maximum absolute atomic E-state index is 6.11. The molecular formula is C23H21ClN4O. The van der Waals surface area contributed by atoms with Crippen LogP contribution in [0.25, 0.3) is 28.0 Å². The second kappa shape index (κ2) is 7.95. The quantitative estimate of drug-likeness (QED) is 0.500. The van der Waals surface area contributed by atoms with Crippen LogP contribution in [0.2, 0.25) is 5.02 Å². The SMILES string of the molecule is Clc1ccc(-c2nc3ccc(-c4cccnc4)cn3c2CN2CCOCC2)cc1. The van der Waals surface area contributed by atoms with Crippen molar-refractivity contribution in [2.45, 2.75) is 6.54 Å². The number of benzene rings is 1. The van der Waals surface area contributed by atoms with Gasteiger partial charge in [-0.2, -0.15) is 0 Å². The zero-order valence-electron chi connectivity index (χ0n) is 16.0. The molecule has 1 fully saturated rings. The lowest BCUT2D eigenvalue weighted by molar-refractivity contribution is 0.0336. The molecule has 3 aromatic heterocycles. The maximum atomic E-state index is 6.11. The number of rotatable bonds is 4. The fourth-order valence-electron chi connectivity index (χ4n) is 3.76. The topological polar surface area (TPSA) is 42.7 Å². The average Bonchev–Trinajstić information content (AvgIpc) is 3.13. The Morgan fingerprint density at radius 2 is 1.72 bits per heavy atom. The van der Waals surface area contributed by atoms with E-state index in [0.717, 1.165) is 65.9 Å². The second-order valence-electron chi connectivity index (χ2n) is 7.19. The minimum absolute atomic E-state index is 0.728. The van der Waals surface area contributed by atoms with E-state index in [1.807, 2.05) is 36.5 Å². The van der Waals surface area contributed by atoms with Crippen LogP contribution in [0.4, 0.5) is 0 Å². The molecule has 0 N–H and O–H groups in total. The van der Waals surface area contributed by atoms with Crippen molar-refractivity contribution in [3.63, 3.8) is 0 Å². The minimum Gasteiger partial charge on any atom is -0.379 e. The molecular weight excluding hydrogens is 384 g/mol. The van der Waals surface area contributed by atoms with E-state index in [-0.39, 0.29) is 0 Å². The van der Waals surface area contributed by atoms with Gasteiger partial charge in [-0.3, -0.25) is 9.88 Å². The molecule has 5 nitrogen and oxygen atoms in total. The number of imidazole rings is 1. The Morgan fingerprint density at radius 3 is 2.48 bits per heavy atom. The van der Waals surface area contributed by atoms with Crippen molar-refractivity contribution in [2.24, 2.45) is 0 Å². The molecule has 1 aliphatic rings. The van der Waals surface area contributed by atoms with Gasteiger partial charge < -0.3 is 9.14 Å². The van der Waals surface area contributed by atoms with E-state index in [1.165, 1.54) is 5.69 Å². The van der Waals surface area contributed by atoms with Crippen LogP contribution in [0, 0.1) is 0 Å². The molecule has 4 aromatic rings. The number of ether oxygens (including phenoxy) is 1. The van der Waals surface area contributed by atoms with Crippen molar-refractivity contribution in [1.29, 1.82) is 0 Å². The second-order valence-corrected chi connectivity index (χ2v) is 7.63. The molecule has 0 atom stereocenters. The van der Waals surface area contributed by atoms with Gasteiger partial charge in [0.1, 0.15) is 5.65 Å². The highest BCUT2D eigenvalue weighted by Crippen LogP contribution is 2.29. The fraction of sp³-hybridized carbons (Fsp3) is 0.217. The largest absolute Gasteiger partial charge is 0.379 e. The van der Waals surface area contributed by atoms with Crippen molar-refractivity contribution in [1.82, 2.24) is 19.3 Å². The monoisotopic (exact) mass is 404 g/mol. The predicted octanol–water partition coefficient (Wildman–Crippen LogP) is 4.55. The summed E-state index contributed by atoms with van der Waals surface area (Å²) in [6.45, 7) is 4.21. The molecule has 0 spiro atoms. The van der Waals surface area contributed by atoms with E-state index >= 15 is 0 Å². The Hall–Kier alpha value is -2.73. The van der Waals surface area contributed by atoms with E-state index in [4.69, 9.17) is 21.3 Å². The van der Waals surface area contributed by atoms with E-state index in [2.05, 4.69) is 38.7 Å². The van der Waals surface area contributed by atoms with Gasteiger partial charge >= 0.3 is 0 Å². The van der Waals surface area contributed by atoms with Crippen LogP contribution >= 0.6 is 11.6 Å². The number of hydrogen-bond acceptors (Lipinski definition) is 4. The summed E-state index contributed by atoms with van der Waals surface area (Å²) in [5.74, 6) is 0. The molecule has 4 heterocycles. The lowest BCUT2D eigenvalue weighted by atomic mass is 10.1. The Balaban J connectivity index is 1.64. The first-order valence-electron chi connectivity index (χ1n) is 9.75. The Morgan fingerprint density at radius 1 is 0.931 bits per heavy atom. The number of hydrogen-bond donors (Lipinski definition) is 0. The molecule has 6 heteroatoms. The molecule has 0 radical (unpaired) electrons. The third kappa shape index (κ3) is 3.77. The van der Waals surface area contributed by atoms with Gasteiger partial charge in [-0.1, -0.05) is 29.8 Å². The molecule has 0 saturated carbocycles. The van der Waals surface area contributed by atoms with Crippen molar-refractivity contribution in [2.75, 3.05) is 26.3 Å². The third-order valence-electron chi connectivity index (χ3n) is 5.31. The highest BCUT2D eigenvalue weighted by atomic mass is 35.5. The summed E-state index contributed by atoms with van der Waals surface area (Å²) in [7, 11) is 0. The van der Waals surface area contributed by atoms with Crippen molar-refractivity contribution < 1.29 is 4.74 Å². The van der Waals surface area contributed by atoms with E-state index in [0.29, 0.717) is 0 Å². The molecule has 0 unspecified atom stereocenters. The Bertz CT molecular complexity index is 1120. The Labute approximate surface area is 174 Å². The summed E-state index contributed by atoms with van der Waals surface area (Å²) < 4.78 is 7.74. The van der Waals surface area contributed by atoms with E-state index in [9.17, 15) is 0 Å². The van der Waals surface area contributed by atoms with Crippen molar-refractivity contribution >= 4 is 17.2 Å². The Kier molecular flexibility index (Phi) is 5.02. The van der Waals surface area contributed by atoms with Gasteiger partial charge in [-0.15, -0.1) is 0 Å². The summed E-state index contributed by atoms with van der Waals surface area (Å²) in [6, 6.07) is 16.1. The van der Waals surface area contributed by atoms with Crippen LogP contribution in [0.15, 0.2) is 67.1 Å². The van der Waals surface area contributed by atoms with Crippen LogP contribution in [0.1, 0.15) is 5.69 Å². The molecule has 1 saturated heterocycles. The summed E-state index contributed by atoms with van der Waals surface area (Å²) in [5, 5.41) is 0.728. The predicted molar refractivity (Wildman–Crippen MR) is 115 cm³/mol. The molecule has 5 rings (SSSR count). The third-order valence-corrected chi connectivity index (χ3v) is 5.56. The van der Waals surface area contributed by atoms with Crippen LogP contribution in [0.5, 0.6) is 0 Å². The molecule has 0 amide bonds. The van der Waals surface area contributed by atoms with E-state index < -0.39 is 0 Å². The average molecular weight is 405 g/mol. The normalized spacial score (nSPS) is 15.1. The first kappa shape index (κ1) is 18.3. The van der Waals surface area contributed by atoms with Gasteiger partial charge in [0.05, 0.1) is 24.6 Å². The summed E-state index contributed by atoms with van der Waals surface area (Å²) in [4.78, 5) is 11.6.